The van der Waals surface area contributed by atoms with Gasteiger partial charge < -0.3 is 20.3 Å². The molecule has 6 nitrogen and oxygen atoms in total. The standard InChI is InChI=1S/C68H133NO5/c1-3-5-7-9-11-13-15-17-18-19-28-32-35-38-42-46-50-54-58-62-68(73)74-63-59-55-51-47-43-39-36-33-30-27-25-23-21-20-22-24-26-29-31-34-37-41-45-49-53-57-61-67(72)69-65(64-70)66(71)60-56-52-48-44-40-16-14-12-10-8-6-4-2/h20,22,65-66,70-71H,3-19,21,23-64H2,1-2H3,(H,69,72)/b22-20-. The average molecular weight is 1040 g/mol. The van der Waals surface area contributed by atoms with Crippen LogP contribution in [0.1, 0.15) is 386 Å². The minimum absolute atomic E-state index is 0.0200. The summed E-state index contributed by atoms with van der Waals surface area (Å²) >= 11 is 0. The van der Waals surface area contributed by atoms with Crippen molar-refractivity contribution in [3.05, 3.63) is 12.2 Å². The van der Waals surface area contributed by atoms with Crippen LogP contribution >= 0.6 is 0 Å². The highest BCUT2D eigenvalue weighted by Gasteiger charge is 2.20. The molecule has 0 aliphatic heterocycles. The van der Waals surface area contributed by atoms with E-state index in [1.165, 1.54) is 315 Å². The van der Waals surface area contributed by atoms with E-state index in [9.17, 15) is 19.8 Å². The number of carbonyl (C=O) groups excluding carboxylic acids is 2. The van der Waals surface area contributed by atoms with E-state index in [2.05, 4.69) is 31.3 Å². The third kappa shape index (κ3) is 59.8. The number of amides is 1. The van der Waals surface area contributed by atoms with Gasteiger partial charge >= 0.3 is 5.97 Å². The van der Waals surface area contributed by atoms with Crippen molar-refractivity contribution in [1.29, 1.82) is 0 Å². The Balaban J connectivity index is 3.34. The van der Waals surface area contributed by atoms with Crippen molar-refractivity contribution >= 4 is 11.9 Å². The number of unbranched alkanes of at least 4 members (excludes halogenated alkanes) is 51. The zero-order valence-corrected chi connectivity index (χ0v) is 50.4. The SMILES string of the molecule is CCCCCCCCCCCCCCCCCCCCCC(=O)OCCCCCCCCCCCCCC/C=C\CCCCCCCCCCCCC(=O)NC(CO)C(O)CCCCCCCCCCCCCC. The number of rotatable bonds is 64. The van der Waals surface area contributed by atoms with Crippen molar-refractivity contribution < 1.29 is 24.5 Å². The zero-order chi connectivity index (χ0) is 53.6. The lowest BCUT2D eigenvalue weighted by Gasteiger charge is -2.22. The molecule has 1 amide bonds. The van der Waals surface area contributed by atoms with Crippen molar-refractivity contribution in [3.63, 3.8) is 0 Å². The van der Waals surface area contributed by atoms with Crippen LogP contribution in [0.25, 0.3) is 0 Å². The molecule has 0 radical (unpaired) electrons. The van der Waals surface area contributed by atoms with E-state index in [4.69, 9.17) is 4.74 Å². The normalized spacial score (nSPS) is 12.5. The molecule has 0 aromatic carbocycles. The second-order valence-electron chi connectivity index (χ2n) is 23.5. The number of hydrogen-bond donors (Lipinski definition) is 3. The molecular weight excluding hydrogens is 911 g/mol. The van der Waals surface area contributed by atoms with E-state index in [0.717, 1.165) is 38.5 Å². The fourth-order valence-corrected chi connectivity index (χ4v) is 10.9. The number of carbonyl (C=O) groups is 2. The molecule has 74 heavy (non-hydrogen) atoms. The molecule has 440 valence electrons. The van der Waals surface area contributed by atoms with Crippen LogP contribution in [0.5, 0.6) is 0 Å². The molecule has 2 unspecified atom stereocenters. The Morgan fingerprint density at radius 3 is 0.959 bits per heavy atom. The van der Waals surface area contributed by atoms with E-state index >= 15 is 0 Å². The van der Waals surface area contributed by atoms with Gasteiger partial charge in [-0.1, -0.05) is 334 Å². The summed E-state index contributed by atoms with van der Waals surface area (Å²) in [6.07, 6.45) is 78.2. The average Bonchev–Trinajstić information content (AvgIpc) is 3.40. The Morgan fingerprint density at radius 2 is 0.635 bits per heavy atom. The molecule has 0 aromatic rings. The van der Waals surface area contributed by atoms with E-state index in [1.807, 2.05) is 0 Å². The van der Waals surface area contributed by atoms with Gasteiger partial charge in [0, 0.05) is 12.8 Å². The van der Waals surface area contributed by atoms with Crippen LogP contribution in [0.15, 0.2) is 12.2 Å². The molecule has 0 fully saturated rings. The van der Waals surface area contributed by atoms with Crippen molar-refractivity contribution in [1.82, 2.24) is 5.32 Å². The largest absolute Gasteiger partial charge is 0.466 e. The van der Waals surface area contributed by atoms with Crippen LogP contribution in [-0.2, 0) is 14.3 Å². The molecule has 2 atom stereocenters. The van der Waals surface area contributed by atoms with E-state index < -0.39 is 12.1 Å². The number of esters is 1. The zero-order valence-electron chi connectivity index (χ0n) is 50.4. The van der Waals surface area contributed by atoms with Crippen LogP contribution in [-0.4, -0.2) is 47.4 Å². The second kappa shape index (κ2) is 64.1. The van der Waals surface area contributed by atoms with Crippen LogP contribution in [0.2, 0.25) is 0 Å². The summed E-state index contributed by atoms with van der Waals surface area (Å²) in [6, 6.07) is -0.541. The van der Waals surface area contributed by atoms with Crippen LogP contribution in [0, 0.1) is 0 Å². The van der Waals surface area contributed by atoms with Gasteiger partial charge in [-0.3, -0.25) is 9.59 Å². The first-order valence-corrected chi connectivity index (χ1v) is 33.9. The molecule has 6 heteroatoms. The summed E-state index contributed by atoms with van der Waals surface area (Å²) in [6.45, 7) is 4.98. The minimum Gasteiger partial charge on any atom is -0.466 e. The van der Waals surface area contributed by atoms with Crippen molar-refractivity contribution in [2.75, 3.05) is 13.2 Å². The summed E-state index contributed by atoms with van der Waals surface area (Å²) in [5.41, 5.74) is 0. The predicted octanol–water partition coefficient (Wildman–Crippen LogP) is 21.6. The van der Waals surface area contributed by atoms with Crippen molar-refractivity contribution in [2.45, 2.75) is 398 Å². The quantitative estimate of drug-likeness (QED) is 0.0320. The van der Waals surface area contributed by atoms with Gasteiger partial charge in [0.2, 0.25) is 5.91 Å². The third-order valence-electron chi connectivity index (χ3n) is 16.1. The van der Waals surface area contributed by atoms with Gasteiger partial charge in [-0.15, -0.1) is 0 Å². The van der Waals surface area contributed by atoms with Crippen LogP contribution < -0.4 is 5.32 Å². The summed E-state index contributed by atoms with van der Waals surface area (Å²) in [4.78, 5) is 24.6. The summed E-state index contributed by atoms with van der Waals surface area (Å²) in [5, 5.41) is 23.2. The highest BCUT2D eigenvalue weighted by molar-refractivity contribution is 5.76. The fourth-order valence-electron chi connectivity index (χ4n) is 10.9. The van der Waals surface area contributed by atoms with Crippen LogP contribution in [0.4, 0.5) is 0 Å². The maximum atomic E-state index is 12.5. The first kappa shape index (κ1) is 72.6. The van der Waals surface area contributed by atoms with Gasteiger partial charge in [0.1, 0.15) is 0 Å². The van der Waals surface area contributed by atoms with E-state index in [-0.39, 0.29) is 18.5 Å². The van der Waals surface area contributed by atoms with Gasteiger partial charge in [-0.2, -0.15) is 0 Å². The summed E-state index contributed by atoms with van der Waals surface area (Å²) < 4.78 is 5.51. The molecule has 0 heterocycles. The predicted molar refractivity (Wildman–Crippen MR) is 324 cm³/mol. The molecule has 0 saturated carbocycles. The molecule has 0 aliphatic rings. The number of allylic oxidation sites excluding steroid dienone is 2. The smallest absolute Gasteiger partial charge is 0.305 e. The molecule has 0 saturated heterocycles. The Hall–Kier alpha value is -1.40. The van der Waals surface area contributed by atoms with E-state index in [0.29, 0.717) is 25.9 Å². The minimum atomic E-state index is -0.664. The number of aliphatic hydroxyl groups excluding tert-OH is 2. The highest BCUT2D eigenvalue weighted by Crippen LogP contribution is 2.19. The Labute approximate surface area is 463 Å². The Kier molecular flexibility index (Phi) is 62.9. The number of aliphatic hydroxyl groups is 2. The van der Waals surface area contributed by atoms with Gasteiger partial charge in [0.25, 0.3) is 0 Å². The van der Waals surface area contributed by atoms with E-state index in [1.54, 1.807) is 0 Å². The Morgan fingerprint density at radius 1 is 0.365 bits per heavy atom. The number of hydrogen-bond acceptors (Lipinski definition) is 5. The molecule has 0 spiro atoms. The maximum absolute atomic E-state index is 12.5. The topological polar surface area (TPSA) is 95.9 Å². The first-order valence-electron chi connectivity index (χ1n) is 33.9. The first-order chi connectivity index (χ1) is 36.5. The van der Waals surface area contributed by atoms with Gasteiger partial charge in [-0.25, -0.2) is 0 Å². The monoisotopic (exact) mass is 1040 g/mol. The molecule has 0 aromatic heterocycles. The van der Waals surface area contributed by atoms with Gasteiger partial charge in [0.05, 0.1) is 25.4 Å². The lowest BCUT2D eigenvalue weighted by atomic mass is 10.0. The van der Waals surface area contributed by atoms with Crippen molar-refractivity contribution in [3.8, 4) is 0 Å². The molecule has 0 aliphatic carbocycles. The van der Waals surface area contributed by atoms with Gasteiger partial charge in [-0.05, 0) is 51.4 Å². The van der Waals surface area contributed by atoms with Crippen molar-refractivity contribution in [2.24, 2.45) is 0 Å². The number of ether oxygens (including phenoxy) is 1. The number of nitrogens with one attached hydrogen (secondary N) is 1. The third-order valence-corrected chi connectivity index (χ3v) is 16.1. The summed E-state index contributed by atoms with van der Waals surface area (Å²) in [7, 11) is 0. The molecule has 0 bridgehead atoms. The highest BCUT2D eigenvalue weighted by atomic mass is 16.5. The Bertz CT molecular complexity index is 1110. The fraction of sp³-hybridized carbons (Fsp3) is 0.941. The molecular formula is C68H133NO5. The molecule has 0 rings (SSSR count). The lowest BCUT2D eigenvalue weighted by Crippen LogP contribution is -2.45. The molecule has 3 N–H and O–H groups in total. The van der Waals surface area contributed by atoms with Crippen LogP contribution in [0.3, 0.4) is 0 Å². The lowest BCUT2D eigenvalue weighted by molar-refractivity contribution is -0.143. The second-order valence-corrected chi connectivity index (χ2v) is 23.5. The van der Waals surface area contributed by atoms with Gasteiger partial charge in [0.15, 0.2) is 0 Å². The summed E-state index contributed by atoms with van der Waals surface area (Å²) in [5.74, 6) is -0.0153. The maximum Gasteiger partial charge on any atom is 0.305 e.